The number of rotatable bonds is 7. The number of benzene rings is 2. The number of alkyl halides is 3. The van der Waals surface area contributed by atoms with Crippen molar-refractivity contribution in [2.24, 2.45) is 0 Å². The predicted molar refractivity (Wildman–Crippen MR) is 164 cm³/mol. The van der Waals surface area contributed by atoms with Gasteiger partial charge in [0, 0.05) is 68.1 Å². The lowest BCUT2D eigenvalue weighted by atomic mass is 9.85. The van der Waals surface area contributed by atoms with Gasteiger partial charge in [-0.2, -0.15) is 13.2 Å². The summed E-state index contributed by atoms with van der Waals surface area (Å²) in [6.45, 7) is 16.7. The molecule has 0 aliphatic carbocycles. The van der Waals surface area contributed by atoms with E-state index < -0.39 is 11.7 Å². The van der Waals surface area contributed by atoms with Gasteiger partial charge >= 0.3 is 12.2 Å². The molecule has 7 nitrogen and oxygen atoms in total. The summed E-state index contributed by atoms with van der Waals surface area (Å²) in [5.41, 5.74) is 3.33. The zero-order chi connectivity index (χ0) is 31.5. The first-order chi connectivity index (χ1) is 20.3. The van der Waals surface area contributed by atoms with Gasteiger partial charge in [-0.15, -0.1) is 0 Å². The van der Waals surface area contributed by atoms with E-state index >= 15 is 0 Å². The van der Waals surface area contributed by atoms with E-state index in [1.807, 2.05) is 37.8 Å². The number of anilines is 1. The van der Waals surface area contributed by atoms with Crippen molar-refractivity contribution in [2.75, 3.05) is 44.6 Å². The average molecular weight is 602 g/mol. The Morgan fingerprint density at radius 3 is 2.12 bits per heavy atom. The van der Waals surface area contributed by atoms with E-state index in [1.165, 1.54) is 12.1 Å². The first kappa shape index (κ1) is 32.8. The lowest BCUT2D eigenvalue weighted by Crippen LogP contribution is -2.62. The molecule has 0 radical (unpaired) electrons. The molecule has 43 heavy (non-hydrogen) atoms. The van der Waals surface area contributed by atoms with Gasteiger partial charge in [-0.3, -0.25) is 14.6 Å². The molecule has 3 amide bonds. The molecule has 2 aromatic carbocycles. The van der Waals surface area contributed by atoms with Crippen LogP contribution in [-0.2, 0) is 6.18 Å². The number of nitrogens with one attached hydrogen (secondary N) is 2. The Morgan fingerprint density at radius 2 is 1.60 bits per heavy atom. The summed E-state index contributed by atoms with van der Waals surface area (Å²) in [4.78, 5) is 32.5. The molecule has 2 atom stereocenters. The maximum absolute atomic E-state index is 13.6. The van der Waals surface area contributed by atoms with Crippen LogP contribution < -0.4 is 10.6 Å². The number of amides is 3. The maximum atomic E-state index is 13.6. The van der Waals surface area contributed by atoms with Crippen molar-refractivity contribution in [1.29, 1.82) is 0 Å². The van der Waals surface area contributed by atoms with E-state index in [4.69, 9.17) is 0 Å². The predicted octanol–water partition coefficient (Wildman–Crippen LogP) is 6.62. The molecular formula is C33H46F3N5O2. The van der Waals surface area contributed by atoms with Gasteiger partial charge in [-0.05, 0) is 94.8 Å². The molecule has 236 valence electrons. The van der Waals surface area contributed by atoms with Crippen LogP contribution in [0.1, 0.15) is 85.6 Å². The highest BCUT2D eigenvalue weighted by molar-refractivity contribution is 5.98. The van der Waals surface area contributed by atoms with Crippen LogP contribution >= 0.6 is 0 Å². The minimum absolute atomic E-state index is 0.0297. The zero-order valence-corrected chi connectivity index (χ0v) is 26.3. The molecule has 2 aliphatic rings. The Morgan fingerprint density at radius 1 is 1.00 bits per heavy atom. The van der Waals surface area contributed by atoms with Gasteiger partial charge in [0.15, 0.2) is 0 Å². The molecule has 0 bridgehead atoms. The summed E-state index contributed by atoms with van der Waals surface area (Å²) in [6.07, 6.45) is -1.76. The van der Waals surface area contributed by atoms with E-state index in [0.29, 0.717) is 30.9 Å². The topological polar surface area (TPSA) is 67.9 Å². The van der Waals surface area contributed by atoms with Gasteiger partial charge in [0.05, 0.1) is 5.56 Å². The molecule has 2 aromatic rings. The van der Waals surface area contributed by atoms with Gasteiger partial charge in [0.2, 0.25) is 0 Å². The Hall–Kier alpha value is -3.11. The van der Waals surface area contributed by atoms with Crippen LogP contribution in [-0.4, -0.2) is 77.5 Å². The summed E-state index contributed by atoms with van der Waals surface area (Å²) in [6, 6.07) is 9.37. The smallest absolute Gasteiger partial charge is 0.338 e. The van der Waals surface area contributed by atoms with Gasteiger partial charge in [0.1, 0.15) is 0 Å². The number of halogens is 3. The van der Waals surface area contributed by atoms with Crippen molar-refractivity contribution in [3.63, 3.8) is 0 Å². The van der Waals surface area contributed by atoms with Crippen molar-refractivity contribution in [2.45, 2.75) is 84.6 Å². The maximum Gasteiger partial charge on any atom is 0.416 e. The number of piperidine rings is 1. The molecule has 4 rings (SSSR count). The van der Waals surface area contributed by atoms with Crippen LogP contribution in [0, 0.1) is 13.8 Å². The molecule has 0 unspecified atom stereocenters. The van der Waals surface area contributed by atoms with Crippen LogP contribution in [0.25, 0.3) is 0 Å². The lowest BCUT2D eigenvalue weighted by Gasteiger charge is -2.53. The molecule has 0 saturated carbocycles. The fraction of sp³-hybridized carbons (Fsp3) is 0.576. The number of hydrogen-bond acceptors (Lipinski definition) is 4. The third-order valence-corrected chi connectivity index (χ3v) is 9.32. The molecule has 2 saturated heterocycles. The second kappa shape index (κ2) is 13.3. The average Bonchev–Trinajstić information content (AvgIpc) is 2.94. The number of hydrogen-bond donors (Lipinski definition) is 2. The number of likely N-dealkylation sites (tertiary alicyclic amines) is 1. The van der Waals surface area contributed by atoms with E-state index in [0.717, 1.165) is 55.6 Å². The third kappa shape index (κ3) is 7.34. The van der Waals surface area contributed by atoms with Crippen molar-refractivity contribution < 1.29 is 22.8 Å². The number of aryl methyl sites for hydroxylation is 2. The summed E-state index contributed by atoms with van der Waals surface area (Å²) >= 11 is 0. The van der Waals surface area contributed by atoms with Gasteiger partial charge < -0.3 is 15.5 Å². The Balaban J connectivity index is 1.37. The summed E-state index contributed by atoms with van der Waals surface area (Å²) in [5, 5.41) is 5.54. The zero-order valence-electron chi connectivity index (χ0n) is 26.3. The Kier molecular flexibility index (Phi) is 10.1. The SMILES string of the molecule is CCNC(=O)Nc1cc(C)c(C(=O)N2CCC(C)(N3CCN([C@@H](CC)c4ccc(C(F)(F)F)cc4)[C@@H](C)C3)CC2)c(C)c1. The first-order valence-corrected chi connectivity index (χ1v) is 15.4. The molecule has 2 fully saturated rings. The minimum Gasteiger partial charge on any atom is -0.338 e. The van der Waals surface area contributed by atoms with Gasteiger partial charge in [-0.1, -0.05) is 19.1 Å². The summed E-state index contributed by atoms with van der Waals surface area (Å²) in [7, 11) is 0. The number of nitrogens with zero attached hydrogens (tertiary/aromatic N) is 3. The second-order valence-corrected chi connectivity index (χ2v) is 12.3. The van der Waals surface area contributed by atoms with Gasteiger partial charge in [-0.25, -0.2) is 4.79 Å². The first-order valence-electron chi connectivity index (χ1n) is 15.4. The highest BCUT2D eigenvalue weighted by Gasteiger charge is 2.41. The van der Waals surface area contributed by atoms with Crippen LogP contribution in [0.3, 0.4) is 0 Å². The number of carbonyl (C=O) groups excluding carboxylic acids is 2. The van der Waals surface area contributed by atoms with E-state index in [-0.39, 0.29) is 29.6 Å². The van der Waals surface area contributed by atoms with Crippen molar-refractivity contribution in [3.05, 3.63) is 64.2 Å². The summed E-state index contributed by atoms with van der Waals surface area (Å²) in [5.74, 6) is 0.0297. The molecular weight excluding hydrogens is 555 g/mol. The molecule has 10 heteroatoms. The molecule has 2 aliphatic heterocycles. The Labute approximate surface area is 253 Å². The second-order valence-electron chi connectivity index (χ2n) is 12.3. The minimum atomic E-state index is -4.33. The quantitative estimate of drug-likeness (QED) is 0.375. The highest BCUT2D eigenvalue weighted by atomic mass is 19.4. The van der Waals surface area contributed by atoms with E-state index in [2.05, 4.69) is 41.2 Å². The van der Waals surface area contributed by atoms with Crippen molar-refractivity contribution >= 4 is 17.6 Å². The fourth-order valence-corrected chi connectivity index (χ4v) is 6.86. The van der Waals surface area contributed by atoms with Crippen LogP contribution in [0.2, 0.25) is 0 Å². The van der Waals surface area contributed by atoms with E-state index in [9.17, 15) is 22.8 Å². The van der Waals surface area contributed by atoms with Crippen molar-refractivity contribution in [3.8, 4) is 0 Å². The van der Waals surface area contributed by atoms with Crippen LogP contribution in [0.15, 0.2) is 36.4 Å². The number of carbonyl (C=O) groups is 2. The summed E-state index contributed by atoms with van der Waals surface area (Å²) < 4.78 is 39.3. The largest absolute Gasteiger partial charge is 0.416 e. The standard InChI is InChI=1S/C33H46F3N5O2/c1-7-28(25-9-11-26(12-10-25)33(34,35)36)41-18-17-40(21-24(41)5)32(6)13-15-39(16-14-32)30(42)29-22(3)19-27(20-23(29)4)38-31(43)37-8-2/h9-12,19-20,24,28H,7-8,13-18,21H2,1-6H3,(H2,37,38,43)/t24-,28-/m0/s1. The molecule has 0 aromatic heterocycles. The lowest BCUT2D eigenvalue weighted by molar-refractivity contribution is -0.137. The molecule has 2 heterocycles. The van der Waals surface area contributed by atoms with Crippen molar-refractivity contribution in [1.82, 2.24) is 20.0 Å². The van der Waals surface area contributed by atoms with Crippen LogP contribution in [0.4, 0.5) is 23.7 Å². The number of piperazine rings is 1. The fourth-order valence-electron chi connectivity index (χ4n) is 6.86. The molecule has 2 N–H and O–H groups in total. The van der Waals surface area contributed by atoms with Gasteiger partial charge in [0.25, 0.3) is 5.91 Å². The van der Waals surface area contributed by atoms with Crippen LogP contribution in [0.5, 0.6) is 0 Å². The third-order valence-electron chi connectivity index (χ3n) is 9.32. The molecule has 0 spiro atoms. The Bertz CT molecular complexity index is 1270. The monoisotopic (exact) mass is 601 g/mol. The van der Waals surface area contributed by atoms with E-state index in [1.54, 1.807) is 12.1 Å². The number of urea groups is 1. The highest BCUT2D eigenvalue weighted by Crippen LogP contribution is 2.36. The normalized spacial score (nSPS) is 20.5.